The van der Waals surface area contributed by atoms with Crippen molar-refractivity contribution in [1.29, 1.82) is 0 Å². The highest BCUT2D eigenvalue weighted by Gasteiger charge is 2.34. The minimum atomic E-state index is -4.47. The number of carbonyl (C=O) groups is 1. The molecular formula is C7H11F3N2O3. The number of aliphatic hydroxyl groups excluding tert-OH is 2. The monoisotopic (exact) mass is 228 g/mol. The number of halogens is 3. The van der Waals surface area contributed by atoms with Crippen molar-refractivity contribution in [3.05, 3.63) is 0 Å². The van der Waals surface area contributed by atoms with Gasteiger partial charge in [-0.1, -0.05) is 0 Å². The molecule has 1 aliphatic heterocycles. The lowest BCUT2D eigenvalue weighted by Crippen LogP contribution is -2.43. The average Bonchev–Trinajstić information content (AvgIpc) is 2.42. The molecule has 0 aromatic carbocycles. The average molecular weight is 228 g/mol. The van der Waals surface area contributed by atoms with Crippen LogP contribution < -0.4 is 5.32 Å². The molecule has 0 aromatic rings. The van der Waals surface area contributed by atoms with E-state index >= 15 is 0 Å². The van der Waals surface area contributed by atoms with Gasteiger partial charge in [0.05, 0.1) is 25.3 Å². The Morgan fingerprint density at radius 1 is 1.33 bits per heavy atom. The molecule has 0 radical (unpaired) electrons. The highest BCUT2D eigenvalue weighted by molar-refractivity contribution is 5.74. The summed E-state index contributed by atoms with van der Waals surface area (Å²) in [7, 11) is 0. The van der Waals surface area contributed by atoms with E-state index in [4.69, 9.17) is 10.2 Å². The summed E-state index contributed by atoms with van der Waals surface area (Å²) in [5.41, 5.74) is 0. The van der Waals surface area contributed by atoms with Crippen molar-refractivity contribution < 1.29 is 28.2 Å². The quantitative estimate of drug-likeness (QED) is 0.555. The minimum absolute atomic E-state index is 0.162. The summed E-state index contributed by atoms with van der Waals surface area (Å²) in [6.45, 7) is -1.75. The van der Waals surface area contributed by atoms with E-state index in [-0.39, 0.29) is 13.1 Å². The third-order valence-electron chi connectivity index (χ3n) is 1.99. The normalized spacial score (nSPS) is 26.9. The van der Waals surface area contributed by atoms with Gasteiger partial charge in [-0.2, -0.15) is 13.2 Å². The summed E-state index contributed by atoms with van der Waals surface area (Å²) >= 11 is 0. The topological polar surface area (TPSA) is 72.8 Å². The van der Waals surface area contributed by atoms with Gasteiger partial charge in [0, 0.05) is 0 Å². The first-order valence-corrected chi connectivity index (χ1v) is 4.25. The highest BCUT2D eigenvalue weighted by atomic mass is 19.4. The number of amides is 2. The van der Waals surface area contributed by atoms with Crippen LogP contribution in [0, 0.1) is 0 Å². The second-order valence-electron chi connectivity index (χ2n) is 3.31. The highest BCUT2D eigenvalue weighted by Crippen LogP contribution is 2.14. The molecule has 3 N–H and O–H groups in total. The summed E-state index contributed by atoms with van der Waals surface area (Å²) < 4.78 is 35.2. The predicted molar refractivity (Wildman–Crippen MR) is 43.0 cm³/mol. The van der Waals surface area contributed by atoms with Gasteiger partial charge in [0.15, 0.2) is 0 Å². The van der Waals surface area contributed by atoms with Crippen LogP contribution in [0.5, 0.6) is 0 Å². The lowest BCUT2D eigenvalue weighted by atomic mass is 10.3. The van der Waals surface area contributed by atoms with Gasteiger partial charge in [-0.15, -0.1) is 0 Å². The number of rotatable bonds is 1. The van der Waals surface area contributed by atoms with Crippen LogP contribution in [0.15, 0.2) is 0 Å². The molecule has 15 heavy (non-hydrogen) atoms. The molecule has 8 heteroatoms. The van der Waals surface area contributed by atoms with Crippen LogP contribution >= 0.6 is 0 Å². The van der Waals surface area contributed by atoms with Crippen LogP contribution in [0.2, 0.25) is 0 Å². The van der Waals surface area contributed by atoms with Crippen molar-refractivity contribution in [2.75, 3.05) is 19.6 Å². The Labute approximate surface area is 83.5 Å². The van der Waals surface area contributed by atoms with E-state index in [2.05, 4.69) is 0 Å². The number of hydrogen-bond donors (Lipinski definition) is 3. The van der Waals surface area contributed by atoms with Gasteiger partial charge in [-0.25, -0.2) is 4.79 Å². The molecule has 0 aromatic heterocycles. The fourth-order valence-corrected chi connectivity index (χ4v) is 1.22. The number of alkyl halides is 3. The molecule has 1 saturated heterocycles. The first kappa shape index (κ1) is 12.1. The second kappa shape index (κ2) is 4.23. The first-order valence-electron chi connectivity index (χ1n) is 4.25. The van der Waals surface area contributed by atoms with Crippen molar-refractivity contribution in [2.24, 2.45) is 0 Å². The number of aliphatic hydroxyl groups is 2. The summed E-state index contributed by atoms with van der Waals surface area (Å²) in [5.74, 6) is 0. The van der Waals surface area contributed by atoms with Gasteiger partial charge in [0.1, 0.15) is 6.54 Å². The van der Waals surface area contributed by atoms with Crippen LogP contribution in [0.3, 0.4) is 0 Å². The Morgan fingerprint density at radius 3 is 2.20 bits per heavy atom. The van der Waals surface area contributed by atoms with Crippen molar-refractivity contribution >= 4 is 6.03 Å². The molecule has 0 unspecified atom stereocenters. The Kier molecular flexibility index (Phi) is 3.40. The Bertz CT molecular complexity index is 236. The summed E-state index contributed by atoms with van der Waals surface area (Å²) in [4.78, 5) is 12.0. The third-order valence-corrected chi connectivity index (χ3v) is 1.99. The molecule has 1 fully saturated rings. The number of likely N-dealkylation sites (tertiary alicyclic amines) is 1. The Hall–Kier alpha value is -1.02. The molecule has 1 aliphatic rings. The molecule has 5 nitrogen and oxygen atoms in total. The van der Waals surface area contributed by atoms with E-state index < -0.39 is 31.0 Å². The molecular weight excluding hydrogens is 217 g/mol. The zero-order chi connectivity index (χ0) is 11.6. The predicted octanol–water partition coefficient (Wildman–Crippen LogP) is -0.704. The van der Waals surface area contributed by atoms with Crippen LogP contribution in [0.25, 0.3) is 0 Å². The molecule has 2 amide bonds. The van der Waals surface area contributed by atoms with E-state index in [1.807, 2.05) is 0 Å². The fourth-order valence-electron chi connectivity index (χ4n) is 1.22. The van der Waals surface area contributed by atoms with E-state index in [0.29, 0.717) is 0 Å². The Balaban J connectivity index is 2.36. The SMILES string of the molecule is O=C(NCC(F)(F)F)N1C[C@@H](O)[C@@H](O)C1. The number of carbonyl (C=O) groups excluding carboxylic acids is 1. The van der Waals surface area contributed by atoms with Crippen molar-refractivity contribution in [1.82, 2.24) is 10.2 Å². The minimum Gasteiger partial charge on any atom is -0.388 e. The fraction of sp³-hybridized carbons (Fsp3) is 0.857. The summed E-state index contributed by atoms with van der Waals surface area (Å²) in [6.07, 6.45) is -6.66. The largest absolute Gasteiger partial charge is 0.405 e. The maximum Gasteiger partial charge on any atom is 0.405 e. The van der Waals surface area contributed by atoms with Crippen molar-refractivity contribution in [3.63, 3.8) is 0 Å². The van der Waals surface area contributed by atoms with Gasteiger partial charge in [0.2, 0.25) is 0 Å². The van der Waals surface area contributed by atoms with E-state index in [0.717, 1.165) is 4.90 Å². The van der Waals surface area contributed by atoms with E-state index in [1.165, 1.54) is 0 Å². The van der Waals surface area contributed by atoms with Crippen LogP contribution in [-0.4, -0.2) is 59.2 Å². The van der Waals surface area contributed by atoms with Crippen LogP contribution in [-0.2, 0) is 0 Å². The van der Waals surface area contributed by atoms with E-state index in [1.54, 1.807) is 5.32 Å². The van der Waals surface area contributed by atoms with Crippen molar-refractivity contribution in [3.8, 4) is 0 Å². The number of hydrogen-bond acceptors (Lipinski definition) is 3. The molecule has 0 bridgehead atoms. The third kappa shape index (κ3) is 3.56. The second-order valence-corrected chi connectivity index (χ2v) is 3.31. The van der Waals surface area contributed by atoms with Gasteiger partial charge in [0.25, 0.3) is 0 Å². The zero-order valence-electron chi connectivity index (χ0n) is 7.66. The van der Waals surface area contributed by atoms with Crippen molar-refractivity contribution in [2.45, 2.75) is 18.4 Å². The summed E-state index contributed by atoms with van der Waals surface area (Å²) in [5, 5.41) is 19.7. The van der Waals surface area contributed by atoms with Crippen LogP contribution in [0.1, 0.15) is 0 Å². The molecule has 0 aliphatic carbocycles. The van der Waals surface area contributed by atoms with Gasteiger partial charge in [-0.3, -0.25) is 0 Å². The standard InChI is InChI=1S/C7H11F3N2O3/c8-7(9,10)3-11-6(15)12-1-4(13)5(14)2-12/h4-5,13-14H,1-3H2,(H,11,15)/t4-,5+. The summed E-state index contributed by atoms with van der Waals surface area (Å²) in [6, 6.07) is -0.942. The Morgan fingerprint density at radius 2 is 1.80 bits per heavy atom. The van der Waals surface area contributed by atoms with Gasteiger partial charge >= 0.3 is 12.2 Å². The van der Waals surface area contributed by atoms with E-state index in [9.17, 15) is 18.0 Å². The molecule has 88 valence electrons. The number of urea groups is 1. The maximum absolute atomic E-state index is 11.7. The molecule has 0 saturated carbocycles. The van der Waals surface area contributed by atoms with Gasteiger partial charge in [-0.05, 0) is 0 Å². The molecule has 2 atom stereocenters. The molecule has 1 rings (SSSR count). The maximum atomic E-state index is 11.7. The first-order chi connectivity index (χ1) is 6.79. The lowest BCUT2D eigenvalue weighted by Gasteiger charge is -2.16. The lowest BCUT2D eigenvalue weighted by molar-refractivity contribution is -0.123. The number of nitrogens with zero attached hydrogens (tertiary/aromatic N) is 1. The molecule has 0 spiro atoms. The van der Waals surface area contributed by atoms with Gasteiger partial charge < -0.3 is 20.4 Å². The number of β-amino-alcohol motifs (C(OH)–C–C–N with tert-alkyl or cyclic N) is 2. The number of nitrogens with one attached hydrogen (secondary N) is 1. The van der Waals surface area contributed by atoms with Crippen LogP contribution in [0.4, 0.5) is 18.0 Å². The smallest absolute Gasteiger partial charge is 0.388 e. The zero-order valence-corrected chi connectivity index (χ0v) is 7.66. The molecule has 1 heterocycles.